The lowest BCUT2D eigenvalue weighted by molar-refractivity contribution is 0.620. The number of rotatable bonds is 2. The summed E-state index contributed by atoms with van der Waals surface area (Å²) in [6, 6.07) is 2.18. The minimum Gasteiger partial charge on any atom is -0.339 e. The number of nitrogens with zero attached hydrogens (tertiary/aromatic N) is 2. The van der Waals surface area contributed by atoms with Crippen molar-refractivity contribution in [2.24, 2.45) is 0 Å². The van der Waals surface area contributed by atoms with Crippen LogP contribution in [0.3, 0.4) is 0 Å². The van der Waals surface area contributed by atoms with Gasteiger partial charge in [0.15, 0.2) is 5.65 Å². The van der Waals surface area contributed by atoms with Crippen molar-refractivity contribution in [2.75, 3.05) is 7.05 Å². The van der Waals surface area contributed by atoms with Crippen LogP contribution in [0, 0.1) is 0 Å². The van der Waals surface area contributed by atoms with Crippen molar-refractivity contribution < 1.29 is 0 Å². The summed E-state index contributed by atoms with van der Waals surface area (Å²) in [6.07, 6.45) is 1.75. The Morgan fingerprint density at radius 3 is 3.07 bits per heavy atom. The third kappa shape index (κ3) is 1.65. The van der Waals surface area contributed by atoms with Crippen molar-refractivity contribution in [3.63, 3.8) is 0 Å². The maximum atomic E-state index is 4.37. The summed E-state index contributed by atoms with van der Waals surface area (Å²) in [7, 11) is 1.90. The Kier molecular flexibility index (Phi) is 2.52. The van der Waals surface area contributed by atoms with Crippen molar-refractivity contribution in [3.05, 3.63) is 22.6 Å². The fourth-order valence-corrected chi connectivity index (χ4v) is 1.57. The predicted octanol–water partition coefficient (Wildman–Crippen LogP) is 2.00. The molecule has 1 atom stereocenters. The largest absolute Gasteiger partial charge is 0.339 e. The second-order valence-corrected chi connectivity index (χ2v) is 4.07. The molecule has 1 unspecified atom stereocenters. The molecular formula is C9H11BrN4. The second kappa shape index (κ2) is 3.67. The number of H-pyrrole nitrogens is 1. The zero-order chi connectivity index (χ0) is 10.1. The van der Waals surface area contributed by atoms with Crippen molar-refractivity contribution in [2.45, 2.75) is 13.0 Å². The fraction of sp³-hybridized carbons (Fsp3) is 0.333. The molecule has 74 valence electrons. The standard InChI is InChI=1S/C9H11BrN4/c1-5(11-2)8-13-7-3-6(10)4-12-9(7)14-8/h3-5,11H,1-2H3,(H,12,13,14). The lowest BCUT2D eigenvalue weighted by atomic mass is 10.3. The molecule has 0 aliphatic rings. The van der Waals surface area contributed by atoms with Gasteiger partial charge in [-0.25, -0.2) is 9.97 Å². The number of hydrogen-bond donors (Lipinski definition) is 2. The number of halogens is 1. The van der Waals surface area contributed by atoms with E-state index in [1.54, 1.807) is 6.20 Å². The van der Waals surface area contributed by atoms with Crippen LogP contribution in [0.1, 0.15) is 18.8 Å². The molecule has 0 saturated heterocycles. The molecule has 5 heteroatoms. The normalized spacial score (nSPS) is 13.4. The number of nitrogens with one attached hydrogen (secondary N) is 2. The van der Waals surface area contributed by atoms with Gasteiger partial charge >= 0.3 is 0 Å². The molecule has 2 N–H and O–H groups in total. The average Bonchev–Trinajstić information content (AvgIpc) is 2.59. The molecular weight excluding hydrogens is 244 g/mol. The summed E-state index contributed by atoms with van der Waals surface area (Å²) in [5.41, 5.74) is 1.71. The smallest absolute Gasteiger partial charge is 0.177 e. The lowest BCUT2D eigenvalue weighted by Crippen LogP contribution is -2.13. The van der Waals surface area contributed by atoms with Gasteiger partial charge in [-0.2, -0.15) is 0 Å². The third-order valence-corrected chi connectivity index (χ3v) is 2.60. The number of fused-ring (bicyclic) bond motifs is 1. The quantitative estimate of drug-likeness (QED) is 0.862. The van der Waals surface area contributed by atoms with Gasteiger partial charge in [0, 0.05) is 10.7 Å². The SMILES string of the molecule is CNC(C)c1nc2ncc(Br)cc2[nH]1. The van der Waals surface area contributed by atoms with Crippen LogP contribution in [-0.4, -0.2) is 22.0 Å². The number of aromatic amines is 1. The van der Waals surface area contributed by atoms with Crippen LogP contribution >= 0.6 is 15.9 Å². The highest BCUT2D eigenvalue weighted by Gasteiger charge is 2.09. The van der Waals surface area contributed by atoms with E-state index < -0.39 is 0 Å². The van der Waals surface area contributed by atoms with Gasteiger partial charge in [-0.3, -0.25) is 0 Å². The Morgan fingerprint density at radius 2 is 2.36 bits per heavy atom. The van der Waals surface area contributed by atoms with Crippen LogP contribution in [-0.2, 0) is 0 Å². The molecule has 0 spiro atoms. The highest BCUT2D eigenvalue weighted by atomic mass is 79.9. The summed E-state index contributed by atoms with van der Waals surface area (Å²) >= 11 is 3.37. The van der Waals surface area contributed by atoms with Crippen LogP contribution in [0.15, 0.2) is 16.7 Å². The topological polar surface area (TPSA) is 53.6 Å². The summed E-state index contributed by atoms with van der Waals surface area (Å²) in [5, 5.41) is 3.12. The molecule has 4 nitrogen and oxygen atoms in total. The minimum absolute atomic E-state index is 0.211. The zero-order valence-corrected chi connectivity index (χ0v) is 9.59. The molecule has 0 aliphatic carbocycles. The van der Waals surface area contributed by atoms with E-state index in [4.69, 9.17) is 0 Å². The first-order valence-corrected chi connectivity index (χ1v) is 5.18. The van der Waals surface area contributed by atoms with Crippen LogP contribution in [0.5, 0.6) is 0 Å². The van der Waals surface area contributed by atoms with Gasteiger partial charge in [0.05, 0.1) is 11.6 Å². The number of hydrogen-bond acceptors (Lipinski definition) is 3. The van der Waals surface area contributed by atoms with Crippen LogP contribution < -0.4 is 5.32 Å². The fourth-order valence-electron chi connectivity index (χ4n) is 1.23. The predicted molar refractivity (Wildman–Crippen MR) is 59.1 cm³/mol. The molecule has 0 bridgehead atoms. The van der Waals surface area contributed by atoms with Gasteiger partial charge in [-0.1, -0.05) is 0 Å². The molecule has 2 aromatic rings. The van der Waals surface area contributed by atoms with E-state index >= 15 is 0 Å². The second-order valence-electron chi connectivity index (χ2n) is 3.16. The van der Waals surface area contributed by atoms with Crippen LogP contribution in [0.25, 0.3) is 11.2 Å². The lowest BCUT2D eigenvalue weighted by Gasteiger charge is -2.04. The maximum Gasteiger partial charge on any atom is 0.177 e. The van der Waals surface area contributed by atoms with Crippen LogP contribution in [0.2, 0.25) is 0 Å². The number of pyridine rings is 1. The van der Waals surface area contributed by atoms with Gasteiger partial charge in [-0.15, -0.1) is 0 Å². The van der Waals surface area contributed by atoms with E-state index in [1.165, 1.54) is 0 Å². The molecule has 0 fully saturated rings. The van der Waals surface area contributed by atoms with Crippen molar-refractivity contribution in [1.29, 1.82) is 0 Å². The van der Waals surface area contributed by atoms with Gasteiger partial charge in [0.1, 0.15) is 5.82 Å². The Hall–Kier alpha value is -0.940. The first-order chi connectivity index (χ1) is 6.70. The Bertz CT molecular complexity index is 451. The minimum atomic E-state index is 0.211. The first kappa shape index (κ1) is 9.61. The summed E-state index contributed by atoms with van der Waals surface area (Å²) in [6.45, 7) is 2.05. The third-order valence-electron chi connectivity index (χ3n) is 2.17. The molecule has 0 amide bonds. The molecule has 0 aromatic carbocycles. The summed E-state index contributed by atoms with van der Waals surface area (Å²) < 4.78 is 0.956. The Morgan fingerprint density at radius 1 is 1.57 bits per heavy atom. The summed E-state index contributed by atoms with van der Waals surface area (Å²) in [5.74, 6) is 0.910. The van der Waals surface area contributed by atoms with E-state index in [0.29, 0.717) is 0 Å². The van der Waals surface area contributed by atoms with Gasteiger partial charge in [0.25, 0.3) is 0 Å². The van der Waals surface area contributed by atoms with E-state index in [1.807, 2.05) is 20.0 Å². The molecule has 0 radical (unpaired) electrons. The molecule has 0 aliphatic heterocycles. The van der Waals surface area contributed by atoms with E-state index in [0.717, 1.165) is 21.5 Å². The van der Waals surface area contributed by atoms with Crippen molar-refractivity contribution in [3.8, 4) is 0 Å². The highest BCUT2D eigenvalue weighted by molar-refractivity contribution is 9.10. The monoisotopic (exact) mass is 254 g/mol. The maximum absolute atomic E-state index is 4.37. The molecule has 14 heavy (non-hydrogen) atoms. The molecule has 0 saturated carbocycles. The number of aromatic nitrogens is 3. The Labute approximate surface area is 90.3 Å². The van der Waals surface area contributed by atoms with Gasteiger partial charge in [0.2, 0.25) is 0 Å². The summed E-state index contributed by atoms with van der Waals surface area (Å²) in [4.78, 5) is 11.8. The highest BCUT2D eigenvalue weighted by Crippen LogP contribution is 2.17. The van der Waals surface area contributed by atoms with Crippen molar-refractivity contribution >= 4 is 27.1 Å². The van der Waals surface area contributed by atoms with Gasteiger partial charge in [-0.05, 0) is 36.0 Å². The van der Waals surface area contributed by atoms with E-state index in [-0.39, 0.29) is 6.04 Å². The molecule has 2 rings (SSSR count). The van der Waals surface area contributed by atoms with Crippen LogP contribution in [0.4, 0.5) is 0 Å². The average molecular weight is 255 g/mol. The van der Waals surface area contributed by atoms with Gasteiger partial charge < -0.3 is 10.3 Å². The number of imidazole rings is 1. The van der Waals surface area contributed by atoms with Crippen molar-refractivity contribution in [1.82, 2.24) is 20.3 Å². The Balaban J connectivity index is 2.51. The van der Waals surface area contributed by atoms with E-state index in [9.17, 15) is 0 Å². The zero-order valence-electron chi connectivity index (χ0n) is 8.00. The first-order valence-electron chi connectivity index (χ1n) is 4.39. The molecule has 2 aromatic heterocycles. The molecule has 2 heterocycles. The van der Waals surface area contributed by atoms with E-state index in [2.05, 4.69) is 36.2 Å².